The molecule has 1 saturated heterocycles. The van der Waals surface area contributed by atoms with Crippen LogP contribution in [0.1, 0.15) is 45.6 Å². The van der Waals surface area contributed by atoms with Crippen LogP contribution >= 0.6 is 0 Å². The molecule has 3 heteroatoms. The van der Waals surface area contributed by atoms with Crippen LogP contribution in [-0.2, 0) is 11.2 Å². The third-order valence-corrected chi connectivity index (χ3v) is 4.81. The first-order valence-electron chi connectivity index (χ1n) is 8.46. The minimum absolute atomic E-state index is 0.119. The molecule has 0 bridgehead atoms. The van der Waals surface area contributed by atoms with Crippen molar-refractivity contribution in [3.63, 3.8) is 0 Å². The summed E-state index contributed by atoms with van der Waals surface area (Å²) in [4.78, 5) is 14.4. The maximum Gasteiger partial charge on any atom is 0.240 e. The molecule has 2 N–H and O–H groups in total. The number of hydrogen-bond acceptors (Lipinski definition) is 2. The van der Waals surface area contributed by atoms with Gasteiger partial charge in [-0.05, 0) is 42.6 Å². The second kappa shape index (κ2) is 7.28. The van der Waals surface area contributed by atoms with E-state index in [0.29, 0.717) is 0 Å². The van der Waals surface area contributed by atoms with Gasteiger partial charge in [0, 0.05) is 13.1 Å². The Kier molecular flexibility index (Phi) is 5.63. The van der Waals surface area contributed by atoms with Crippen LogP contribution in [0.15, 0.2) is 30.3 Å². The zero-order valence-electron chi connectivity index (χ0n) is 14.2. The Labute approximate surface area is 134 Å². The highest BCUT2D eigenvalue weighted by Crippen LogP contribution is 2.25. The number of likely N-dealkylation sites (tertiary alicyclic amines) is 1. The van der Waals surface area contributed by atoms with E-state index in [-0.39, 0.29) is 11.3 Å². The number of nitrogens with zero attached hydrogens (tertiary/aromatic N) is 1. The Morgan fingerprint density at radius 1 is 1.23 bits per heavy atom. The van der Waals surface area contributed by atoms with E-state index in [2.05, 4.69) is 30.3 Å². The summed E-state index contributed by atoms with van der Waals surface area (Å²) < 4.78 is 0. The summed E-state index contributed by atoms with van der Waals surface area (Å²) in [6.07, 6.45) is 4.57. The molecule has 0 saturated carbocycles. The highest BCUT2D eigenvalue weighted by Gasteiger charge is 2.32. The van der Waals surface area contributed by atoms with E-state index in [1.807, 2.05) is 25.7 Å². The van der Waals surface area contributed by atoms with E-state index in [0.717, 1.165) is 38.3 Å². The predicted molar refractivity (Wildman–Crippen MR) is 91.5 cm³/mol. The number of carbonyl (C=O) groups excluding carboxylic acids is 1. The molecular formula is C19H30N2O. The number of carbonyl (C=O) groups is 1. The molecule has 22 heavy (non-hydrogen) atoms. The summed E-state index contributed by atoms with van der Waals surface area (Å²) in [6.45, 7) is 7.82. The van der Waals surface area contributed by atoms with Crippen molar-refractivity contribution in [2.75, 3.05) is 13.1 Å². The highest BCUT2D eigenvalue weighted by atomic mass is 16.2. The predicted octanol–water partition coefficient (Wildman–Crippen LogP) is 3.23. The lowest BCUT2D eigenvalue weighted by atomic mass is 9.85. The number of amides is 1. The highest BCUT2D eigenvalue weighted by molar-refractivity contribution is 5.82. The first-order chi connectivity index (χ1) is 10.4. The van der Waals surface area contributed by atoms with Gasteiger partial charge in [0.15, 0.2) is 0 Å². The summed E-state index contributed by atoms with van der Waals surface area (Å²) in [6, 6.07) is 10.3. The molecule has 3 nitrogen and oxygen atoms in total. The lowest BCUT2D eigenvalue weighted by Crippen LogP contribution is -2.52. The minimum atomic E-state index is -0.395. The molecule has 1 atom stereocenters. The lowest BCUT2D eigenvalue weighted by Gasteiger charge is -2.36. The standard InChI is InChI=1S/C19H30N2O/c1-19(2,3)17(20)18(22)21-13-11-16(12-14-21)10-9-15-7-5-4-6-8-15/h4-8,16-17H,9-14,20H2,1-3H3/t17-/m1/s1. The molecule has 0 unspecified atom stereocenters. The Morgan fingerprint density at radius 3 is 2.36 bits per heavy atom. The van der Waals surface area contributed by atoms with Gasteiger partial charge in [0.2, 0.25) is 5.91 Å². The first kappa shape index (κ1) is 17.0. The third-order valence-electron chi connectivity index (χ3n) is 4.81. The number of nitrogens with two attached hydrogens (primary N) is 1. The monoisotopic (exact) mass is 302 g/mol. The molecule has 0 aliphatic carbocycles. The van der Waals surface area contributed by atoms with Crippen LogP contribution in [0.2, 0.25) is 0 Å². The summed E-state index contributed by atoms with van der Waals surface area (Å²) >= 11 is 0. The average molecular weight is 302 g/mol. The Bertz CT molecular complexity index is 470. The number of piperidine rings is 1. The van der Waals surface area contributed by atoms with E-state index in [9.17, 15) is 4.79 Å². The van der Waals surface area contributed by atoms with Gasteiger partial charge in [-0.2, -0.15) is 0 Å². The zero-order chi connectivity index (χ0) is 16.2. The van der Waals surface area contributed by atoms with E-state index in [1.54, 1.807) is 0 Å². The Balaban J connectivity index is 1.77. The van der Waals surface area contributed by atoms with Crippen LogP contribution in [-0.4, -0.2) is 29.9 Å². The fourth-order valence-electron chi connectivity index (χ4n) is 3.02. The van der Waals surface area contributed by atoms with Gasteiger partial charge in [-0.15, -0.1) is 0 Å². The quantitative estimate of drug-likeness (QED) is 0.928. The van der Waals surface area contributed by atoms with Crippen molar-refractivity contribution >= 4 is 5.91 Å². The second-order valence-corrected chi connectivity index (χ2v) is 7.64. The third kappa shape index (κ3) is 4.57. The van der Waals surface area contributed by atoms with Crippen LogP contribution in [0.3, 0.4) is 0 Å². The van der Waals surface area contributed by atoms with E-state index in [4.69, 9.17) is 5.73 Å². The fourth-order valence-corrected chi connectivity index (χ4v) is 3.02. The SMILES string of the molecule is CC(C)(C)[C@H](N)C(=O)N1CCC(CCc2ccccc2)CC1. The molecule has 0 radical (unpaired) electrons. The van der Waals surface area contributed by atoms with Crippen LogP contribution in [0, 0.1) is 11.3 Å². The van der Waals surface area contributed by atoms with Gasteiger partial charge < -0.3 is 10.6 Å². The maximum absolute atomic E-state index is 12.4. The van der Waals surface area contributed by atoms with Crippen molar-refractivity contribution in [1.29, 1.82) is 0 Å². The normalized spacial score (nSPS) is 18.3. The Morgan fingerprint density at radius 2 is 1.82 bits per heavy atom. The van der Waals surface area contributed by atoms with Crippen molar-refractivity contribution in [1.82, 2.24) is 4.90 Å². The van der Waals surface area contributed by atoms with Crippen molar-refractivity contribution in [2.45, 2.75) is 52.5 Å². The number of benzene rings is 1. The summed E-state index contributed by atoms with van der Waals surface area (Å²) in [5.41, 5.74) is 7.35. The Hall–Kier alpha value is -1.35. The van der Waals surface area contributed by atoms with Crippen LogP contribution in [0.25, 0.3) is 0 Å². The molecule has 122 valence electrons. The molecule has 1 fully saturated rings. The van der Waals surface area contributed by atoms with E-state index >= 15 is 0 Å². The largest absolute Gasteiger partial charge is 0.341 e. The van der Waals surface area contributed by atoms with E-state index < -0.39 is 6.04 Å². The summed E-state index contributed by atoms with van der Waals surface area (Å²) in [5, 5.41) is 0. The molecule has 0 aromatic heterocycles. The summed E-state index contributed by atoms with van der Waals surface area (Å²) in [7, 11) is 0. The van der Waals surface area contributed by atoms with Gasteiger partial charge >= 0.3 is 0 Å². The topological polar surface area (TPSA) is 46.3 Å². The molecule has 1 aliphatic rings. The molecule has 1 amide bonds. The van der Waals surface area contributed by atoms with Gasteiger partial charge in [0.25, 0.3) is 0 Å². The van der Waals surface area contributed by atoms with Gasteiger partial charge in [-0.25, -0.2) is 0 Å². The zero-order valence-corrected chi connectivity index (χ0v) is 14.2. The first-order valence-corrected chi connectivity index (χ1v) is 8.46. The molecule has 0 spiro atoms. The average Bonchev–Trinajstić information content (AvgIpc) is 2.52. The van der Waals surface area contributed by atoms with Gasteiger partial charge in [0.05, 0.1) is 6.04 Å². The fraction of sp³-hybridized carbons (Fsp3) is 0.632. The van der Waals surface area contributed by atoms with Crippen molar-refractivity contribution < 1.29 is 4.79 Å². The van der Waals surface area contributed by atoms with Gasteiger partial charge in [0.1, 0.15) is 0 Å². The number of aryl methyl sites for hydroxylation is 1. The number of hydrogen-bond donors (Lipinski definition) is 1. The minimum Gasteiger partial charge on any atom is -0.341 e. The van der Waals surface area contributed by atoms with Crippen molar-refractivity contribution in [3.8, 4) is 0 Å². The molecule has 1 aromatic carbocycles. The molecule has 2 rings (SSSR count). The molecule has 1 aliphatic heterocycles. The number of rotatable bonds is 4. The lowest BCUT2D eigenvalue weighted by molar-refractivity contribution is -0.136. The molecular weight excluding hydrogens is 272 g/mol. The van der Waals surface area contributed by atoms with Gasteiger partial charge in [-0.3, -0.25) is 4.79 Å². The molecule has 1 heterocycles. The van der Waals surface area contributed by atoms with Crippen LogP contribution in [0.5, 0.6) is 0 Å². The second-order valence-electron chi connectivity index (χ2n) is 7.64. The smallest absolute Gasteiger partial charge is 0.240 e. The van der Waals surface area contributed by atoms with E-state index in [1.165, 1.54) is 12.0 Å². The van der Waals surface area contributed by atoms with Crippen LogP contribution in [0.4, 0.5) is 0 Å². The molecule has 1 aromatic rings. The van der Waals surface area contributed by atoms with Gasteiger partial charge in [-0.1, -0.05) is 51.1 Å². The van der Waals surface area contributed by atoms with Crippen molar-refractivity contribution in [2.24, 2.45) is 17.1 Å². The van der Waals surface area contributed by atoms with Crippen LogP contribution < -0.4 is 5.73 Å². The van der Waals surface area contributed by atoms with Crippen molar-refractivity contribution in [3.05, 3.63) is 35.9 Å². The summed E-state index contributed by atoms with van der Waals surface area (Å²) in [5.74, 6) is 0.851. The maximum atomic E-state index is 12.4.